The zero-order valence-electron chi connectivity index (χ0n) is 9.67. The van der Waals surface area contributed by atoms with Gasteiger partial charge in [-0.3, -0.25) is 4.98 Å². The van der Waals surface area contributed by atoms with E-state index in [0.717, 1.165) is 16.5 Å². The first-order valence-electron chi connectivity index (χ1n) is 5.69. The molecule has 0 saturated carbocycles. The molecule has 17 heavy (non-hydrogen) atoms. The maximum Gasteiger partial charge on any atom is 0.0969 e. The summed E-state index contributed by atoms with van der Waals surface area (Å²) in [5.74, 6) is -0.386. The van der Waals surface area contributed by atoms with Crippen molar-refractivity contribution in [1.82, 2.24) is 4.98 Å². The minimum absolute atomic E-state index is 0.386. The van der Waals surface area contributed by atoms with E-state index in [1.54, 1.807) is 6.20 Å². The minimum Gasteiger partial charge on any atom is -0.387 e. The van der Waals surface area contributed by atoms with E-state index < -0.39 is 6.10 Å². The van der Waals surface area contributed by atoms with Gasteiger partial charge < -0.3 is 5.11 Å². The monoisotopic (exact) mass is 226 g/mol. The number of hydrogen-bond donors (Lipinski definition) is 1. The Morgan fingerprint density at radius 3 is 2.82 bits per heavy atom. The molecule has 1 heterocycles. The lowest BCUT2D eigenvalue weighted by Gasteiger charge is -2.16. The van der Waals surface area contributed by atoms with E-state index in [2.05, 4.69) is 11.1 Å². The average molecular weight is 226 g/mol. The fraction of sp³-hybridized carbons (Fsp3) is 0.286. The number of nitrogens with zero attached hydrogens (tertiary/aromatic N) is 2. The zero-order valence-corrected chi connectivity index (χ0v) is 9.67. The molecule has 1 aromatic heterocycles. The highest BCUT2D eigenvalue weighted by atomic mass is 16.3. The van der Waals surface area contributed by atoms with Gasteiger partial charge in [0, 0.05) is 17.1 Å². The number of pyridine rings is 1. The molecule has 3 heteroatoms. The fourth-order valence-electron chi connectivity index (χ4n) is 1.97. The number of fused-ring (bicyclic) bond motifs is 1. The van der Waals surface area contributed by atoms with E-state index in [1.165, 1.54) is 0 Å². The molecule has 2 unspecified atom stereocenters. The van der Waals surface area contributed by atoms with Crippen LogP contribution in [-0.2, 0) is 0 Å². The molecule has 0 amide bonds. The number of aliphatic hydroxyl groups is 1. The predicted octanol–water partition coefficient (Wildman–Crippen LogP) is 2.82. The van der Waals surface area contributed by atoms with Crippen LogP contribution in [0, 0.1) is 17.2 Å². The third-order valence-corrected chi connectivity index (χ3v) is 2.97. The summed E-state index contributed by atoms with van der Waals surface area (Å²) in [6.45, 7) is 1.90. The van der Waals surface area contributed by atoms with Crippen LogP contribution in [0.5, 0.6) is 0 Å². The molecular weight excluding hydrogens is 212 g/mol. The molecular formula is C14H14N2O. The molecule has 2 aromatic rings. The van der Waals surface area contributed by atoms with Crippen molar-refractivity contribution in [2.75, 3.05) is 0 Å². The van der Waals surface area contributed by atoms with Crippen molar-refractivity contribution >= 4 is 10.9 Å². The summed E-state index contributed by atoms with van der Waals surface area (Å²) in [6.07, 6.45) is 1.55. The number of aliphatic hydroxyl groups excluding tert-OH is 1. The van der Waals surface area contributed by atoms with E-state index in [0.29, 0.717) is 6.42 Å². The van der Waals surface area contributed by atoms with Gasteiger partial charge in [-0.2, -0.15) is 5.26 Å². The molecule has 0 saturated heterocycles. The van der Waals surface area contributed by atoms with Crippen molar-refractivity contribution < 1.29 is 5.11 Å². The van der Waals surface area contributed by atoms with Crippen molar-refractivity contribution in [3.63, 3.8) is 0 Å². The van der Waals surface area contributed by atoms with Gasteiger partial charge >= 0.3 is 0 Å². The SMILES string of the molecule is CCC(C#N)C(O)c1cccc2cccnc12. The summed E-state index contributed by atoms with van der Waals surface area (Å²) in [5, 5.41) is 20.2. The molecule has 2 rings (SSSR count). The molecule has 2 atom stereocenters. The second-order valence-corrected chi connectivity index (χ2v) is 4.01. The Bertz CT molecular complexity index is 554. The lowest BCUT2D eigenvalue weighted by Crippen LogP contribution is -2.10. The highest BCUT2D eigenvalue weighted by Gasteiger charge is 2.20. The second-order valence-electron chi connectivity index (χ2n) is 4.01. The van der Waals surface area contributed by atoms with Crippen molar-refractivity contribution in [3.8, 4) is 6.07 Å². The summed E-state index contributed by atoms with van der Waals surface area (Å²) in [5.41, 5.74) is 1.51. The summed E-state index contributed by atoms with van der Waals surface area (Å²) >= 11 is 0. The number of nitriles is 1. The van der Waals surface area contributed by atoms with Crippen LogP contribution < -0.4 is 0 Å². The van der Waals surface area contributed by atoms with E-state index in [4.69, 9.17) is 5.26 Å². The Morgan fingerprint density at radius 2 is 2.12 bits per heavy atom. The van der Waals surface area contributed by atoms with Crippen LogP contribution in [0.25, 0.3) is 10.9 Å². The second kappa shape index (κ2) is 4.94. The molecule has 0 bridgehead atoms. The highest BCUT2D eigenvalue weighted by molar-refractivity contribution is 5.81. The number of aromatic nitrogens is 1. The highest BCUT2D eigenvalue weighted by Crippen LogP contribution is 2.28. The number of para-hydroxylation sites is 1. The lowest BCUT2D eigenvalue weighted by molar-refractivity contribution is 0.134. The Balaban J connectivity index is 2.52. The molecule has 0 aliphatic heterocycles. The van der Waals surface area contributed by atoms with Gasteiger partial charge in [0.25, 0.3) is 0 Å². The van der Waals surface area contributed by atoms with Crippen LogP contribution in [0.1, 0.15) is 25.0 Å². The Kier molecular flexibility index (Phi) is 3.36. The average Bonchev–Trinajstić information content (AvgIpc) is 2.39. The van der Waals surface area contributed by atoms with Crippen LogP contribution in [0.3, 0.4) is 0 Å². The lowest BCUT2D eigenvalue weighted by atomic mass is 9.93. The summed E-state index contributed by atoms with van der Waals surface area (Å²) in [7, 11) is 0. The van der Waals surface area contributed by atoms with E-state index in [1.807, 2.05) is 37.3 Å². The van der Waals surface area contributed by atoms with E-state index >= 15 is 0 Å². The quantitative estimate of drug-likeness (QED) is 0.875. The first-order chi connectivity index (χ1) is 8.27. The first-order valence-corrected chi connectivity index (χ1v) is 5.69. The molecule has 0 spiro atoms. The normalized spacial score (nSPS) is 14.2. The van der Waals surface area contributed by atoms with Gasteiger partial charge in [0.1, 0.15) is 0 Å². The maximum atomic E-state index is 10.2. The van der Waals surface area contributed by atoms with Gasteiger partial charge in [-0.05, 0) is 12.5 Å². The molecule has 1 N–H and O–H groups in total. The van der Waals surface area contributed by atoms with Crippen LogP contribution >= 0.6 is 0 Å². The molecule has 0 fully saturated rings. The van der Waals surface area contributed by atoms with Gasteiger partial charge in [-0.25, -0.2) is 0 Å². The van der Waals surface area contributed by atoms with Crippen molar-refractivity contribution in [1.29, 1.82) is 5.26 Å². The van der Waals surface area contributed by atoms with Gasteiger partial charge in [0.2, 0.25) is 0 Å². The van der Waals surface area contributed by atoms with E-state index in [9.17, 15) is 5.11 Å². The molecule has 3 nitrogen and oxygen atoms in total. The van der Waals surface area contributed by atoms with Crippen LogP contribution in [0.4, 0.5) is 0 Å². The number of rotatable bonds is 3. The predicted molar refractivity (Wildman–Crippen MR) is 66.1 cm³/mol. The Labute approximate surface area is 100 Å². The van der Waals surface area contributed by atoms with Crippen LogP contribution in [-0.4, -0.2) is 10.1 Å². The minimum atomic E-state index is -0.774. The van der Waals surface area contributed by atoms with Crippen molar-refractivity contribution in [3.05, 3.63) is 42.1 Å². The molecule has 0 radical (unpaired) electrons. The molecule has 1 aromatic carbocycles. The summed E-state index contributed by atoms with van der Waals surface area (Å²) in [6, 6.07) is 11.6. The zero-order chi connectivity index (χ0) is 12.3. The molecule has 0 aliphatic carbocycles. The summed E-state index contributed by atoms with van der Waals surface area (Å²) < 4.78 is 0. The molecule has 86 valence electrons. The summed E-state index contributed by atoms with van der Waals surface area (Å²) in [4.78, 5) is 4.28. The van der Waals surface area contributed by atoms with Crippen molar-refractivity contribution in [2.45, 2.75) is 19.4 Å². The fourth-order valence-corrected chi connectivity index (χ4v) is 1.97. The van der Waals surface area contributed by atoms with Gasteiger partial charge in [-0.1, -0.05) is 31.2 Å². The number of benzene rings is 1. The van der Waals surface area contributed by atoms with Gasteiger partial charge in [0.05, 0.1) is 23.6 Å². The Morgan fingerprint density at radius 1 is 1.35 bits per heavy atom. The van der Waals surface area contributed by atoms with Crippen LogP contribution in [0.15, 0.2) is 36.5 Å². The largest absolute Gasteiger partial charge is 0.387 e. The first kappa shape index (κ1) is 11.6. The van der Waals surface area contributed by atoms with Crippen molar-refractivity contribution in [2.24, 2.45) is 5.92 Å². The van der Waals surface area contributed by atoms with Gasteiger partial charge in [0.15, 0.2) is 0 Å². The third kappa shape index (κ3) is 2.13. The topological polar surface area (TPSA) is 56.9 Å². The standard InChI is InChI=1S/C14H14N2O/c1-2-10(9-15)14(17)12-7-3-5-11-6-4-8-16-13(11)12/h3-8,10,14,17H,2H2,1H3. The van der Waals surface area contributed by atoms with E-state index in [-0.39, 0.29) is 5.92 Å². The van der Waals surface area contributed by atoms with Crippen LogP contribution in [0.2, 0.25) is 0 Å². The molecule has 0 aliphatic rings. The number of hydrogen-bond acceptors (Lipinski definition) is 3. The Hall–Kier alpha value is -1.92. The van der Waals surface area contributed by atoms with Gasteiger partial charge in [-0.15, -0.1) is 0 Å². The maximum absolute atomic E-state index is 10.2. The third-order valence-electron chi connectivity index (χ3n) is 2.97. The smallest absolute Gasteiger partial charge is 0.0969 e.